The van der Waals surface area contributed by atoms with Gasteiger partial charge in [0.2, 0.25) is 5.91 Å². The van der Waals surface area contributed by atoms with E-state index in [2.05, 4.69) is 6.58 Å². The third-order valence-corrected chi connectivity index (χ3v) is 7.28. The number of hydrogen-bond donors (Lipinski definition) is 1. The number of piperazine rings is 1. The summed E-state index contributed by atoms with van der Waals surface area (Å²) in [4.78, 5) is 24.3. The van der Waals surface area contributed by atoms with Crippen LogP contribution in [0.25, 0.3) is 0 Å². The first-order chi connectivity index (χ1) is 14.7. The van der Waals surface area contributed by atoms with Gasteiger partial charge in [-0.25, -0.2) is 13.2 Å². The fourth-order valence-corrected chi connectivity index (χ4v) is 4.44. The second-order valence-electron chi connectivity index (χ2n) is 6.89. The fraction of sp³-hybridized carbons (Fsp3) is 0.733. The molecular formula is C15H20F6N2O8S2. The maximum Gasteiger partial charge on any atom is 0.439 e. The number of carbonyl (C=O) groups is 2. The number of sulfonamides is 1. The molecule has 1 saturated heterocycles. The molecule has 0 aromatic heterocycles. The normalized spacial score (nSPS) is 17.0. The molecular weight excluding hydrogens is 514 g/mol. The predicted octanol–water partition coefficient (Wildman–Crippen LogP) is 1.07. The molecule has 0 atom stereocenters. The van der Waals surface area contributed by atoms with Crippen molar-refractivity contribution in [2.75, 3.05) is 32.8 Å². The van der Waals surface area contributed by atoms with E-state index in [1.165, 1.54) is 6.92 Å². The number of amides is 1. The summed E-state index contributed by atoms with van der Waals surface area (Å²) in [7, 11) is -13.7. The van der Waals surface area contributed by atoms with Gasteiger partial charge in [-0.3, -0.25) is 9.35 Å². The largest absolute Gasteiger partial charge is 0.462 e. The highest BCUT2D eigenvalue weighted by Gasteiger charge is 2.82. The smallest absolute Gasteiger partial charge is 0.439 e. The van der Waals surface area contributed by atoms with E-state index < -0.39 is 74.6 Å². The van der Waals surface area contributed by atoms with E-state index in [9.17, 15) is 52.8 Å². The SMILES string of the molecule is C=C(C)C(=O)OCCCC(=O)N1CCN(S(=O)(=O)C(F)(F)C(F)(F)C(F)(F)S(=O)(=O)O)CC1. The van der Waals surface area contributed by atoms with Gasteiger partial charge in [-0.05, 0) is 13.3 Å². The Morgan fingerprint density at radius 1 is 0.970 bits per heavy atom. The van der Waals surface area contributed by atoms with E-state index in [0.717, 1.165) is 4.90 Å². The summed E-state index contributed by atoms with van der Waals surface area (Å²) in [5.41, 5.74) is 0.121. The van der Waals surface area contributed by atoms with Gasteiger partial charge in [-0.1, -0.05) is 6.58 Å². The van der Waals surface area contributed by atoms with Gasteiger partial charge in [0.15, 0.2) is 0 Å². The highest BCUT2D eigenvalue weighted by molar-refractivity contribution is 7.90. The second-order valence-corrected chi connectivity index (χ2v) is 10.3. The lowest BCUT2D eigenvalue weighted by atomic mass is 10.2. The molecule has 192 valence electrons. The van der Waals surface area contributed by atoms with Crippen molar-refractivity contribution >= 4 is 32.0 Å². The Labute approximate surface area is 184 Å². The third-order valence-electron chi connectivity index (χ3n) is 4.43. The molecule has 1 amide bonds. The lowest BCUT2D eigenvalue weighted by Gasteiger charge is -2.38. The predicted molar refractivity (Wildman–Crippen MR) is 98.5 cm³/mol. The Morgan fingerprint density at radius 3 is 1.88 bits per heavy atom. The molecule has 1 N–H and O–H groups in total. The molecule has 0 saturated carbocycles. The molecule has 0 radical (unpaired) electrons. The number of rotatable bonds is 10. The van der Waals surface area contributed by atoms with Gasteiger partial charge in [0.25, 0.3) is 10.0 Å². The molecule has 0 unspecified atom stereocenters. The molecule has 1 aliphatic rings. The zero-order chi connectivity index (χ0) is 26.0. The highest BCUT2D eigenvalue weighted by atomic mass is 32.2. The lowest BCUT2D eigenvalue weighted by Crippen LogP contribution is -2.64. The summed E-state index contributed by atoms with van der Waals surface area (Å²) in [6.07, 6.45) is -0.156. The van der Waals surface area contributed by atoms with E-state index >= 15 is 0 Å². The average molecular weight is 534 g/mol. The van der Waals surface area contributed by atoms with Crippen molar-refractivity contribution in [2.24, 2.45) is 0 Å². The van der Waals surface area contributed by atoms with Gasteiger partial charge in [0, 0.05) is 38.2 Å². The topological polar surface area (TPSA) is 138 Å². The van der Waals surface area contributed by atoms with Gasteiger partial charge in [0.05, 0.1) is 6.61 Å². The van der Waals surface area contributed by atoms with Crippen molar-refractivity contribution in [3.05, 3.63) is 12.2 Å². The highest BCUT2D eigenvalue weighted by Crippen LogP contribution is 2.51. The van der Waals surface area contributed by atoms with E-state index in [4.69, 9.17) is 9.29 Å². The quantitative estimate of drug-likeness (QED) is 0.144. The molecule has 1 heterocycles. The van der Waals surface area contributed by atoms with Gasteiger partial charge in [-0.2, -0.15) is 39.1 Å². The van der Waals surface area contributed by atoms with Crippen molar-refractivity contribution in [3.63, 3.8) is 0 Å². The number of esters is 1. The minimum Gasteiger partial charge on any atom is -0.462 e. The minimum atomic E-state index is -7.11. The van der Waals surface area contributed by atoms with Crippen LogP contribution in [0.2, 0.25) is 0 Å². The van der Waals surface area contributed by atoms with Gasteiger partial charge < -0.3 is 9.64 Å². The van der Waals surface area contributed by atoms with Crippen LogP contribution in [0.1, 0.15) is 19.8 Å². The zero-order valence-corrected chi connectivity index (χ0v) is 18.6. The van der Waals surface area contributed by atoms with Crippen LogP contribution < -0.4 is 0 Å². The summed E-state index contributed by atoms with van der Waals surface area (Å²) >= 11 is 0. The number of carbonyl (C=O) groups excluding carboxylic acids is 2. The molecule has 33 heavy (non-hydrogen) atoms. The minimum absolute atomic E-state index is 0.0470. The van der Waals surface area contributed by atoms with E-state index in [0.29, 0.717) is 0 Å². The number of halogens is 6. The fourth-order valence-electron chi connectivity index (χ4n) is 2.50. The molecule has 0 aliphatic carbocycles. The summed E-state index contributed by atoms with van der Waals surface area (Å²) in [6, 6.07) is 0. The van der Waals surface area contributed by atoms with Crippen LogP contribution in [-0.4, -0.2) is 91.7 Å². The molecule has 1 aliphatic heterocycles. The van der Waals surface area contributed by atoms with Gasteiger partial charge in [0.1, 0.15) is 0 Å². The van der Waals surface area contributed by atoms with Gasteiger partial charge in [-0.15, -0.1) is 0 Å². The maximum atomic E-state index is 14.0. The number of nitrogens with zero attached hydrogens (tertiary/aromatic N) is 2. The summed E-state index contributed by atoms with van der Waals surface area (Å²) < 4.78 is 139. The Kier molecular flexibility index (Phi) is 8.60. The molecule has 0 aromatic rings. The zero-order valence-electron chi connectivity index (χ0n) is 16.9. The van der Waals surface area contributed by atoms with Crippen molar-refractivity contribution in [1.29, 1.82) is 0 Å². The number of alkyl halides is 6. The van der Waals surface area contributed by atoms with Crippen molar-refractivity contribution in [1.82, 2.24) is 9.21 Å². The first kappa shape index (κ1) is 29.1. The molecule has 0 bridgehead atoms. The van der Waals surface area contributed by atoms with Crippen molar-refractivity contribution < 1.29 is 62.1 Å². The summed E-state index contributed by atoms with van der Waals surface area (Å²) in [5, 5.41) is -13.4. The standard InChI is InChI=1S/C15H20F6N2O8S2/c1-10(2)12(25)31-9-3-4-11(24)22-5-7-23(8-6-22)32(26,27)14(18,19)13(16,17)15(20,21)33(28,29)30/h1,3-9H2,2H3,(H,28,29,30). The van der Waals surface area contributed by atoms with Crippen LogP contribution in [0, 0.1) is 0 Å². The van der Waals surface area contributed by atoms with E-state index in [1.54, 1.807) is 0 Å². The molecule has 1 rings (SSSR count). The molecule has 10 nitrogen and oxygen atoms in total. The number of hydrogen-bond acceptors (Lipinski definition) is 7. The Morgan fingerprint density at radius 2 is 1.45 bits per heavy atom. The van der Waals surface area contributed by atoms with Crippen LogP contribution in [-0.2, 0) is 34.5 Å². The van der Waals surface area contributed by atoms with Crippen LogP contribution in [0.5, 0.6) is 0 Å². The molecule has 1 fully saturated rings. The lowest BCUT2D eigenvalue weighted by molar-refractivity contribution is -0.247. The second kappa shape index (κ2) is 9.75. The van der Waals surface area contributed by atoms with Crippen molar-refractivity contribution in [3.8, 4) is 0 Å². The van der Waals surface area contributed by atoms with Crippen LogP contribution in [0.3, 0.4) is 0 Å². The van der Waals surface area contributed by atoms with Gasteiger partial charge >= 0.3 is 32.5 Å². The monoisotopic (exact) mass is 534 g/mol. The summed E-state index contributed by atoms with van der Waals surface area (Å²) in [5.74, 6) is -8.34. The summed E-state index contributed by atoms with van der Waals surface area (Å²) in [6.45, 7) is 1.47. The third kappa shape index (κ3) is 5.60. The van der Waals surface area contributed by atoms with Crippen molar-refractivity contribution in [2.45, 2.75) is 36.2 Å². The van der Waals surface area contributed by atoms with Crippen LogP contribution >= 0.6 is 0 Å². The molecule has 0 aromatic carbocycles. The number of ether oxygens (including phenoxy) is 1. The first-order valence-electron chi connectivity index (χ1n) is 8.92. The molecule has 0 spiro atoms. The van der Waals surface area contributed by atoms with E-state index in [-0.39, 0.29) is 29.3 Å². The maximum absolute atomic E-state index is 14.0. The van der Waals surface area contributed by atoms with E-state index in [1.807, 2.05) is 0 Å². The van der Waals surface area contributed by atoms with Crippen LogP contribution in [0.4, 0.5) is 26.3 Å². The molecule has 18 heteroatoms. The van der Waals surface area contributed by atoms with Crippen LogP contribution in [0.15, 0.2) is 12.2 Å². The average Bonchev–Trinajstić information content (AvgIpc) is 2.69. The Balaban J connectivity index is 2.83. The first-order valence-corrected chi connectivity index (χ1v) is 11.8. The Bertz CT molecular complexity index is 992. The Hall–Kier alpha value is -1.92.